The fourth-order valence-corrected chi connectivity index (χ4v) is 4.63. The van der Waals surface area contributed by atoms with Crippen molar-refractivity contribution < 1.29 is 14.5 Å². The van der Waals surface area contributed by atoms with Gasteiger partial charge in [-0.05, 0) is 35.4 Å². The smallest absolute Gasteiger partial charge is 0.271 e. The number of aromatic nitrogens is 2. The van der Waals surface area contributed by atoms with Gasteiger partial charge in [-0.25, -0.2) is 4.68 Å². The Kier molecular flexibility index (Phi) is 7.77. The van der Waals surface area contributed by atoms with E-state index in [2.05, 4.69) is 10.4 Å². The molecule has 4 aromatic rings. The molecule has 0 atom stereocenters. The molecule has 11 heteroatoms. The van der Waals surface area contributed by atoms with Crippen molar-refractivity contribution in [1.29, 1.82) is 0 Å². The van der Waals surface area contributed by atoms with Crippen LogP contribution in [-0.4, -0.2) is 27.7 Å². The number of benzene rings is 2. The lowest BCUT2D eigenvalue weighted by Gasteiger charge is -2.13. The number of non-ortho nitro benzene ring substituents is 1. The number of rotatable bonds is 9. The molecule has 2 aromatic carbocycles. The number of nitrogens with one attached hydrogen (secondary N) is 1. The molecule has 2 heterocycles. The third-order valence-electron chi connectivity index (χ3n) is 5.43. The molecule has 1 N–H and O–H groups in total. The number of thiophene rings is 1. The molecule has 184 valence electrons. The molecule has 0 radical (unpaired) electrons. The first-order chi connectivity index (χ1) is 17.3. The lowest BCUT2D eigenvalue weighted by molar-refractivity contribution is -0.384. The minimum atomic E-state index is -0.514. The first-order valence-electron chi connectivity index (χ1n) is 10.8. The number of nitro benzene ring substituents is 1. The summed E-state index contributed by atoms with van der Waals surface area (Å²) in [6, 6.07) is 16.7. The van der Waals surface area contributed by atoms with Crippen LogP contribution in [0.2, 0.25) is 4.34 Å². The van der Waals surface area contributed by atoms with Gasteiger partial charge in [-0.3, -0.25) is 19.7 Å². The lowest BCUT2D eigenvalue weighted by Crippen LogP contribution is -2.32. The van der Waals surface area contributed by atoms with Gasteiger partial charge < -0.3 is 10.1 Å². The Balaban J connectivity index is 1.67. The quantitative estimate of drug-likeness (QED) is 0.255. The Labute approximate surface area is 215 Å². The largest absolute Gasteiger partial charge is 0.497 e. The van der Waals surface area contributed by atoms with Crippen LogP contribution in [0.1, 0.15) is 16.0 Å². The molecule has 0 aliphatic heterocycles. The van der Waals surface area contributed by atoms with E-state index in [4.69, 9.17) is 16.3 Å². The van der Waals surface area contributed by atoms with Gasteiger partial charge in [0.25, 0.3) is 11.2 Å². The monoisotopic (exact) mass is 524 g/mol. The number of amides is 1. The maximum Gasteiger partial charge on any atom is 0.271 e. The summed E-state index contributed by atoms with van der Waals surface area (Å²) in [5, 5.41) is 18.4. The van der Waals surface area contributed by atoms with Gasteiger partial charge in [0.15, 0.2) is 0 Å². The predicted molar refractivity (Wildman–Crippen MR) is 138 cm³/mol. The van der Waals surface area contributed by atoms with E-state index in [0.29, 0.717) is 21.2 Å². The summed E-state index contributed by atoms with van der Waals surface area (Å²) in [7, 11) is 1.57. The highest BCUT2D eigenvalue weighted by atomic mass is 35.5. The number of carbonyl (C=O) groups excluding carboxylic acids is 1. The second-order valence-electron chi connectivity index (χ2n) is 7.81. The summed E-state index contributed by atoms with van der Waals surface area (Å²) < 4.78 is 7.05. The number of hydrogen-bond acceptors (Lipinski definition) is 7. The SMILES string of the molecule is COc1ccc(Cn2ncc(-c3cccc([N+](=O)[O-])c3)c(CC(=O)NCc3ccc(Cl)s3)c2=O)cc1. The Bertz CT molecular complexity index is 1470. The normalized spacial score (nSPS) is 10.7. The van der Waals surface area contributed by atoms with Crippen LogP contribution < -0.4 is 15.6 Å². The number of ether oxygens (including phenoxy) is 1. The molecular formula is C25H21ClN4O5S. The van der Waals surface area contributed by atoms with Gasteiger partial charge in [0.05, 0.1) is 42.1 Å². The van der Waals surface area contributed by atoms with E-state index in [1.54, 1.807) is 31.4 Å². The molecule has 0 saturated carbocycles. The standard InChI is InChI=1S/C25H21ClN4O5S/c1-35-19-7-5-16(6-8-19)15-29-25(32)21(12-24(31)27-13-20-9-10-23(26)36-20)22(14-28-29)17-3-2-4-18(11-17)30(33)34/h2-11,14H,12-13,15H2,1H3,(H,27,31). The van der Waals surface area contributed by atoms with Crippen molar-refractivity contribution in [3.05, 3.63) is 108 Å². The van der Waals surface area contributed by atoms with E-state index in [0.717, 1.165) is 10.4 Å². The van der Waals surface area contributed by atoms with Crippen molar-refractivity contribution in [3.8, 4) is 16.9 Å². The first kappa shape index (κ1) is 25.1. The molecule has 1 amide bonds. The summed E-state index contributed by atoms with van der Waals surface area (Å²) in [5.74, 6) is 0.315. The topological polar surface area (TPSA) is 116 Å². The Morgan fingerprint density at radius 3 is 2.64 bits per heavy atom. The summed E-state index contributed by atoms with van der Waals surface area (Å²) in [4.78, 5) is 37.9. The molecular weight excluding hydrogens is 504 g/mol. The van der Waals surface area contributed by atoms with Gasteiger partial charge >= 0.3 is 0 Å². The predicted octanol–water partition coefficient (Wildman–Crippen LogP) is 4.45. The molecule has 36 heavy (non-hydrogen) atoms. The number of nitrogens with zero attached hydrogens (tertiary/aromatic N) is 3. The van der Waals surface area contributed by atoms with E-state index in [1.807, 2.05) is 18.2 Å². The zero-order valence-electron chi connectivity index (χ0n) is 19.1. The van der Waals surface area contributed by atoms with Crippen molar-refractivity contribution >= 4 is 34.5 Å². The maximum absolute atomic E-state index is 13.5. The molecule has 0 spiro atoms. The molecule has 0 fully saturated rings. The molecule has 0 aliphatic carbocycles. The van der Waals surface area contributed by atoms with Crippen molar-refractivity contribution in [1.82, 2.24) is 15.1 Å². The average molecular weight is 525 g/mol. The van der Waals surface area contributed by atoms with E-state index in [1.165, 1.54) is 40.4 Å². The molecule has 4 rings (SSSR count). The van der Waals surface area contributed by atoms with Crippen LogP contribution in [0.15, 0.2) is 71.7 Å². The molecule has 0 bridgehead atoms. The maximum atomic E-state index is 13.5. The molecule has 0 unspecified atom stereocenters. The van der Waals surface area contributed by atoms with Crippen LogP contribution in [0, 0.1) is 10.1 Å². The van der Waals surface area contributed by atoms with Crippen LogP contribution in [-0.2, 0) is 24.3 Å². The second-order valence-corrected chi connectivity index (χ2v) is 9.61. The van der Waals surface area contributed by atoms with Gasteiger partial charge in [-0.1, -0.05) is 35.9 Å². The van der Waals surface area contributed by atoms with Crippen LogP contribution in [0.3, 0.4) is 0 Å². The first-order valence-corrected chi connectivity index (χ1v) is 12.0. The summed E-state index contributed by atoms with van der Waals surface area (Å²) >= 11 is 7.30. The second kappa shape index (κ2) is 11.1. The van der Waals surface area contributed by atoms with E-state index >= 15 is 0 Å². The number of hydrogen-bond donors (Lipinski definition) is 1. The minimum absolute atomic E-state index is 0.125. The molecule has 2 aromatic heterocycles. The Morgan fingerprint density at radius 1 is 1.19 bits per heavy atom. The molecule has 0 saturated heterocycles. The van der Waals surface area contributed by atoms with Gasteiger partial charge in [0.2, 0.25) is 5.91 Å². The minimum Gasteiger partial charge on any atom is -0.497 e. The zero-order valence-corrected chi connectivity index (χ0v) is 20.7. The van der Waals surface area contributed by atoms with Crippen molar-refractivity contribution in [2.24, 2.45) is 0 Å². The van der Waals surface area contributed by atoms with Crippen molar-refractivity contribution in [2.45, 2.75) is 19.5 Å². The van der Waals surface area contributed by atoms with Crippen LogP contribution in [0.25, 0.3) is 11.1 Å². The Morgan fingerprint density at radius 2 is 1.97 bits per heavy atom. The van der Waals surface area contributed by atoms with Gasteiger partial charge in [0.1, 0.15) is 5.75 Å². The van der Waals surface area contributed by atoms with Crippen molar-refractivity contribution in [2.75, 3.05) is 7.11 Å². The van der Waals surface area contributed by atoms with Crippen LogP contribution in [0.5, 0.6) is 5.75 Å². The van der Waals surface area contributed by atoms with E-state index < -0.39 is 10.5 Å². The summed E-state index contributed by atoms with van der Waals surface area (Å²) in [6.07, 6.45) is 1.24. The van der Waals surface area contributed by atoms with Crippen molar-refractivity contribution in [3.63, 3.8) is 0 Å². The van der Waals surface area contributed by atoms with E-state index in [9.17, 15) is 19.7 Å². The fraction of sp³-hybridized carbons (Fsp3) is 0.160. The molecule has 9 nitrogen and oxygen atoms in total. The molecule has 0 aliphatic rings. The lowest BCUT2D eigenvalue weighted by atomic mass is 10.00. The van der Waals surface area contributed by atoms with Gasteiger partial charge in [-0.15, -0.1) is 11.3 Å². The fourth-order valence-electron chi connectivity index (χ4n) is 3.61. The van der Waals surface area contributed by atoms with Gasteiger partial charge in [-0.2, -0.15) is 5.10 Å². The van der Waals surface area contributed by atoms with Crippen LogP contribution >= 0.6 is 22.9 Å². The highest BCUT2D eigenvalue weighted by Gasteiger charge is 2.18. The highest BCUT2D eigenvalue weighted by Crippen LogP contribution is 2.26. The number of carbonyl (C=O) groups is 1. The third-order valence-corrected chi connectivity index (χ3v) is 6.66. The Hall–Kier alpha value is -4.02. The number of halogens is 1. The number of nitro groups is 1. The average Bonchev–Trinajstić information content (AvgIpc) is 3.30. The third kappa shape index (κ3) is 5.96. The van der Waals surface area contributed by atoms with E-state index in [-0.39, 0.29) is 36.7 Å². The summed E-state index contributed by atoms with van der Waals surface area (Å²) in [5.41, 5.74) is 1.23. The zero-order chi connectivity index (χ0) is 25.7. The van der Waals surface area contributed by atoms with Gasteiger partial charge in [0, 0.05) is 28.1 Å². The van der Waals surface area contributed by atoms with Crippen LogP contribution in [0.4, 0.5) is 5.69 Å². The summed E-state index contributed by atoms with van der Waals surface area (Å²) in [6.45, 7) is 0.452. The number of methoxy groups -OCH3 is 1. The highest BCUT2D eigenvalue weighted by molar-refractivity contribution is 7.16.